The fourth-order valence-electron chi connectivity index (χ4n) is 2.13. The number of benzene rings is 1. The molecule has 0 heterocycles. The van der Waals surface area contributed by atoms with Crippen molar-refractivity contribution in [1.29, 1.82) is 0 Å². The summed E-state index contributed by atoms with van der Waals surface area (Å²) >= 11 is 0. The number of esters is 1. The third-order valence-electron chi connectivity index (χ3n) is 3.21. The number of ether oxygens (including phenoxy) is 1. The van der Waals surface area contributed by atoms with Gasteiger partial charge in [-0.15, -0.1) is 0 Å². The van der Waals surface area contributed by atoms with E-state index in [1.54, 1.807) is 12.1 Å². The van der Waals surface area contributed by atoms with Crippen molar-refractivity contribution in [3.8, 4) is 0 Å². The van der Waals surface area contributed by atoms with Crippen LogP contribution in [0.1, 0.15) is 65.8 Å². The van der Waals surface area contributed by atoms with Crippen LogP contribution in [0, 0.1) is 0 Å². The summed E-state index contributed by atoms with van der Waals surface area (Å²) in [6, 6.07) is 4.72. The Bertz CT molecular complexity index is 466. The Hall–Kier alpha value is -1.84. The number of rotatable bonds is 8. The molecule has 0 radical (unpaired) electrons. The van der Waals surface area contributed by atoms with E-state index in [0.717, 1.165) is 25.7 Å². The molecule has 1 N–H and O–H groups in total. The SMILES string of the molecule is CCCCCCOC(=O)c1cccc(C(=O)O)c1CC. The quantitative estimate of drug-likeness (QED) is 0.582. The molecule has 0 saturated heterocycles. The van der Waals surface area contributed by atoms with Crippen molar-refractivity contribution in [3.05, 3.63) is 34.9 Å². The highest BCUT2D eigenvalue weighted by Crippen LogP contribution is 2.17. The highest BCUT2D eigenvalue weighted by Gasteiger charge is 2.17. The van der Waals surface area contributed by atoms with E-state index in [1.807, 2.05) is 6.92 Å². The zero-order valence-corrected chi connectivity index (χ0v) is 12.1. The summed E-state index contributed by atoms with van der Waals surface area (Å²) in [7, 11) is 0. The van der Waals surface area contributed by atoms with Crippen molar-refractivity contribution >= 4 is 11.9 Å². The summed E-state index contributed by atoms with van der Waals surface area (Å²) in [6.07, 6.45) is 4.64. The molecule has 0 atom stereocenters. The van der Waals surface area contributed by atoms with E-state index in [9.17, 15) is 9.59 Å². The van der Waals surface area contributed by atoms with Crippen LogP contribution >= 0.6 is 0 Å². The molecule has 0 aromatic heterocycles. The molecule has 0 aliphatic heterocycles. The molecule has 0 aliphatic rings. The lowest BCUT2D eigenvalue weighted by Gasteiger charge is -2.10. The standard InChI is InChI=1S/C16H22O4/c1-3-5-6-7-11-20-16(19)14-10-8-9-13(15(17)18)12(14)4-2/h8-10H,3-7,11H2,1-2H3,(H,17,18). The average molecular weight is 278 g/mol. The van der Waals surface area contributed by atoms with Gasteiger partial charge in [0, 0.05) is 0 Å². The zero-order chi connectivity index (χ0) is 15.0. The van der Waals surface area contributed by atoms with E-state index < -0.39 is 11.9 Å². The summed E-state index contributed by atoms with van der Waals surface area (Å²) in [5.74, 6) is -1.44. The van der Waals surface area contributed by atoms with E-state index in [4.69, 9.17) is 9.84 Å². The second-order valence-corrected chi connectivity index (χ2v) is 4.69. The van der Waals surface area contributed by atoms with Crippen LogP contribution in [0.4, 0.5) is 0 Å². The van der Waals surface area contributed by atoms with Gasteiger partial charge in [0.25, 0.3) is 0 Å². The number of carboxylic acid groups (broad SMARTS) is 1. The van der Waals surface area contributed by atoms with E-state index in [1.165, 1.54) is 6.07 Å². The lowest BCUT2D eigenvalue weighted by Crippen LogP contribution is -2.12. The third-order valence-corrected chi connectivity index (χ3v) is 3.21. The molecule has 0 saturated carbocycles. The number of carbonyl (C=O) groups is 2. The van der Waals surface area contributed by atoms with Crippen LogP contribution in [0.2, 0.25) is 0 Å². The summed E-state index contributed by atoms with van der Waals surface area (Å²) in [6.45, 7) is 4.34. The summed E-state index contributed by atoms with van der Waals surface area (Å²) < 4.78 is 5.22. The second kappa shape index (κ2) is 8.35. The molecule has 0 unspecified atom stereocenters. The van der Waals surface area contributed by atoms with Crippen LogP contribution in [0.25, 0.3) is 0 Å². The van der Waals surface area contributed by atoms with Crippen molar-refractivity contribution in [1.82, 2.24) is 0 Å². The molecule has 4 heteroatoms. The van der Waals surface area contributed by atoms with Crippen LogP contribution < -0.4 is 0 Å². The molecule has 1 aromatic carbocycles. The topological polar surface area (TPSA) is 63.6 Å². The third kappa shape index (κ3) is 4.37. The predicted molar refractivity (Wildman–Crippen MR) is 77.2 cm³/mol. The molecular weight excluding hydrogens is 256 g/mol. The minimum Gasteiger partial charge on any atom is -0.478 e. The van der Waals surface area contributed by atoms with Gasteiger partial charge in [-0.1, -0.05) is 39.2 Å². The van der Waals surface area contributed by atoms with Crippen molar-refractivity contribution in [2.24, 2.45) is 0 Å². The number of carboxylic acids is 1. The fourth-order valence-corrected chi connectivity index (χ4v) is 2.13. The van der Waals surface area contributed by atoms with E-state index >= 15 is 0 Å². The van der Waals surface area contributed by atoms with E-state index in [0.29, 0.717) is 24.2 Å². The van der Waals surface area contributed by atoms with Gasteiger partial charge in [-0.05, 0) is 30.5 Å². The number of hydrogen-bond acceptors (Lipinski definition) is 3. The number of unbranched alkanes of at least 4 members (excludes halogenated alkanes) is 3. The van der Waals surface area contributed by atoms with Gasteiger partial charge in [-0.2, -0.15) is 0 Å². The van der Waals surface area contributed by atoms with Crippen molar-refractivity contribution in [3.63, 3.8) is 0 Å². The normalized spacial score (nSPS) is 10.3. The van der Waals surface area contributed by atoms with Crippen molar-refractivity contribution in [2.45, 2.75) is 46.0 Å². The van der Waals surface area contributed by atoms with E-state index in [-0.39, 0.29) is 5.56 Å². The predicted octanol–water partition coefficient (Wildman–Crippen LogP) is 3.68. The molecule has 20 heavy (non-hydrogen) atoms. The van der Waals surface area contributed by atoms with Gasteiger partial charge in [0.2, 0.25) is 0 Å². The number of carbonyl (C=O) groups excluding carboxylic acids is 1. The van der Waals surface area contributed by atoms with Crippen molar-refractivity contribution < 1.29 is 19.4 Å². The van der Waals surface area contributed by atoms with Crippen LogP contribution in [-0.2, 0) is 11.2 Å². The lowest BCUT2D eigenvalue weighted by atomic mass is 9.99. The van der Waals surface area contributed by atoms with Crippen LogP contribution in [0.15, 0.2) is 18.2 Å². The van der Waals surface area contributed by atoms with Gasteiger partial charge in [0.05, 0.1) is 17.7 Å². The maximum Gasteiger partial charge on any atom is 0.338 e. The Morgan fingerprint density at radius 1 is 1.10 bits per heavy atom. The first kappa shape index (κ1) is 16.2. The minimum atomic E-state index is -1.01. The maximum atomic E-state index is 12.0. The highest BCUT2D eigenvalue weighted by molar-refractivity contribution is 5.97. The van der Waals surface area contributed by atoms with Crippen LogP contribution in [0.5, 0.6) is 0 Å². The van der Waals surface area contributed by atoms with Gasteiger partial charge in [0.15, 0.2) is 0 Å². The number of aromatic carboxylic acids is 1. The molecule has 110 valence electrons. The molecule has 0 spiro atoms. The minimum absolute atomic E-state index is 0.174. The molecule has 0 bridgehead atoms. The molecular formula is C16H22O4. The Balaban J connectivity index is 2.72. The lowest BCUT2D eigenvalue weighted by molar-refractivity contribution is 0.0496. The monoisotopic (exact) mass is 278 g/mol. The molecule has 1 aromatic rings. The highest BCUT2D eigenvalue weighted by atomic mass is 16.5. The second-order valence-electron chi connectivity index (χ2n) is 4.69. The van der Waals surface area contributed by atoms with Gasteiger partial charge in [-0.3, -0.25) is 0 Å². The Morgan fingerprint density at radius 3 is 2.40 bits per heavy atom. The fraction of sp³-hybridized carbons (Fsp3) is 0.500. The summed E-state index contributed by atoms with van der Waals surface area (Å²) in [5.41, 5.74) is 1.08. The molecule has 0 aliphatic carbocycles. The first-order valence-electron chi connectivity index (χ1n) is 7.14. The molecule has 4 nitrogen and oxygen atoms in total. The van der Waals surface area contributed by atoms with Gasteiger partial charge < -0.3 is 9.84 Å². The molecule has 0 fully saturated rings. The Labute approximate surface area is 119 Å². The summed E-state index contributed by atoms with van der Waals surface area (Å²) in [5, 5.41) is 9.12. The summed E-state index contributed by atoms with van der Waals surface area (Å²) in [4.78, 5) is 23.2. The molecule has 0 amide bonds. The average Bonchev–Trinajstić information content (AvgIpc) is 2.45. The van der Waals surface area contributed by atoms with Gasteiger partial charge in [0.1, 0.15) is 0 Å². The van der Waals surface area contributed by atoms with Crippen LogP contribution in [-0.4, -0.2) is 23.7 Å². The smallest absolute Gasteiger partial charge is 0.338 e. The van der Waals surface area contributed by atoms with E-state index in [2.05, 4.69) is 6.92 Å². The molecule has 1 rings (SSSR count). The first-order chi connectivity index (χ1) is 9.61. The zero-order valence-electron chi connectivity index (χ0n) is 12.1. The largest absolute Gasteiger partial charge is 0.478 e. The maximum absolute atomic E-state index is 12.0. The van der Waals surface area contributed by atoms with Gasteiger partial charge in [-0.25, -0.2) is 9.59 Å². The number of hydrogen-bond donors (Lipinski definition) is 1. The first-order valence-corrected chi connectivity index (χ1v) is 7.14. The van der Waals surface area contributed by atoms with Gasteiger partial charge >= 0.3 is 11.9 Å². The van der Waals surface area contributed by atoms with Crippen LogP contribution in [0.3, 0.4) is 0 Å². The Morgan fingerprint density at radius 2 is 1.80 bits per heavy atom. The van der Waals surface area contributed by atoms with Crippen molar-refractivity contribution in [2.75, 3.05) is 6.61 Å². The Kier molecular flexibility index (Phi) is 6.77.